The summed E-state index contributed by atoms with van der Waals surface area (Å²) < 4.78 is 51.7. The summed E-state index contributed by atoms with van der Waals surface area (Å²) in [6.07, 6.45) is -0.272. The summed E-state index contributed by atoms with van der Waals surface area (Å²) in [7, 11) is 0. The number of ether oxygens (including phenoxy) is 3. The predicted octanol–water partition coefficient (Wildman–Crippen LogP) is 3.14. The summed E-state index contributed by atoms with van der Waals surface area (Å²) in [4.78, 5) is 13.3. The molecule has 1 aliphatic rings. The highest BCUT2D eigenvalue weighted by atomic mass is 19.4. The van der Waals surface area contributed by atoms with Gasteiger partial charge >= 0.3 is 6.36 Å². The summed E-state index contributed by atoms with van der Waals surface area (Å²) in [5.41, 5.74) is 6.10. The van der Waals surface area contributed by atoms with Gasteiger partial charge in [0.25, 0.3) is 0 Å². The Labute approximate surface area is 202 Å². The molecule has 13 heteroatoms. The van der Waals surface area contributed by atoms with Crippen LogP contribution in [0.3, 0.4) is 0 Å². The fraction of sp³-hybridized carbons (Fsp3) is 0.591. The average Bonchev–Trinajstić information content (AvgIpc) is 3.32. The van der Waals surface area contributed by atoms with Gasteiger partial charge < -0.3 is 35.9 Å². The minimum absolute atomic E-state index is 0.274. The third-order valence-electron chi connectivity index (χ3n) is 5.10. The molecule has 0 bridgehead atoms. The van der Waals surface area contributed by atoms with Crippen molar-refractivity contribution < 1.29 is 27.4 Å². The minimum atomic E-state index is -4.72. The van der Waals surface area contributed by atoms with E-state index in [4.69, 9.17) is 15.2 Å². The van der Waals surface area contributed by atoms with Gasteiger partial charge in [0.1, 0.15) is 5.75 Å². The van der Waals surface area contributed by atoms with Gasteiger partial charge in [-0.3, -0.25) is 0 Å². The van der Waals surface area contributed by atoms with Gasteiger partial charge in [0, 0.05) is 25.7 Å². The first-order valence-electron chi connectivity index (χ1n) is 11.6. The van der Waals surface area contributed by atoms with E-state index in [-0.39, 0.29) is 5.75 Å². The van der Waals surface area contributed by atoms with Crippen LogP contribution in [0.2, 0.25) is 0 Å². The molecule has 0 spiro atoms. The molecule has 194 valence electrons. The Morgan fingerprint density at radius 2 is 1.49 bits per heavy atom. The number of aromatic nitrogens is 3. The Balaban J connectivity index is 1.54. The van der Waals surface area contributed by atoms with Crippen LogP contribution in [0.5, 0.6) is 5.75 Å². The van der Waals surface area contributed by atoms with Crippen LogP contribution in [0.4, 0.5) is 31.0 Å². The van der Waals surface area contributed by atoms with E-state index in [9.17, 15) is 13.2 Å². The smallest absolute Gasteiger partial charge is 0.406 e. The van der Waals surface area contributed by atoms with Crippen LogP contribution in [0.15, 0.2) is 24.3 Å². The Hall–Kier alpha value is -2.90. The summed E-state index contributed by atoms with van der Waals surface area (Å²) in [6, 6.07) is 5.93. The molecule has 1 aliphatic carbocycles. The van der Waals surface area contributed by atoms with E-state index in [1.165, 1.54) is 25.0 Å². The van der Waals surface area contributed by atoms with E-state index < -0.39 is 6.36 Å². The van der Waals surface area contributed by atoms with E-state index in [2.05, 4.69) is 35.6 Å². The molecule has 0 saturated heterocycles. The third kappa shape index (κ3) is 10.5. The van der Waals surface area contributed by atoms with Crippen molar-refractivity contribution in [2.75, 3.05) is 55.5 Å². The van der Waals surface area contributed by atoms with Gasteiger partial charge in [0.15, 0.2) is 0 Å². The van der Waals surface area contributed by atoms with Crippen LogP contribution in [0.25, 0.3) is 0 Å². The van der Waals surface area contributed by atoms with Gasteiger partial charge in [-0.1, -0.05) is 25.0 Å². The molecule has 0 aliphatic heterocycles. The van der Waals surface area contributed by atoms with Crippen molar-refractivity contribution in [3.63, 3.8) is 0 Å². The zero-order valence-electron chi connectivity index (χ0n) is 19.4. The summed E-state index contributed by atoms with van der Waals surface area (Å²) >= 11 is 0. The molecule has 2 aromatic rings. The zero-order valence-corrected chi connectivity index (χ0v) is 19.4. The van der Waals surface area contributed by atoms with Gasteiger partial charge in [-0.25, -0.2) is 0 Å². The second-order valence-electron chi connectivity index (χ2n) is 7.92. The minimum Gasteiger partial charge on any atom is -0.406 e. The van der Waals surface area contributed by atoms with Crippen LogP contribution >= 0.6 is 0 Å². The van der Waals surface area contributed by atoms with E-state index in [1.54, 1.807) is 12.1 Å². The average molecular weight is 500 g/mol. The molecule has 0 unspecified atom stereocenters. The van der Waals surface area contributed by atoms with Gasteiger partial charge in [-0.05, 0) is 30.5 Å². The lowest BCUT2D eigenvalue weighted by atomic mass is 10.2. The molecular formula is C22H32F3N7O3. The first-order valence-corrected chi connectivity index (χ1v) is 11.6. The second kappa shape index (κ2) is 13.9. The Morgan fingerprint density at radius 3 is 2.14 bits per heavy atom. The maximum absolute atomic E-state index is 12.3. The molecular weight excluding hydrogens is 467 g/mol. The number of nitrogens with one attached hydrogen (secondary N) is 3. The van der Waals surface area contributed by atoms with Crippen LogP contribution < -0.4 is 26.4 Å². The van der Waals surface area contributed by atoms with Crippen molar-refractivity contribution in [1.29, 1.82) is 0 Å². The summed E-state index contributed by atoms with van der Waals surface area (Å²) in [5, 5.41) is 9.59. The molecule has 1 aromatic heterocycles. The van der Waals surface area contributed by atoms with E-state index >= 15 is 0 Å². The lowest BCUT2D eigenvalue weighted by molar-refractivity contribution is -0.274. The lowest BCUT2D eigenvalue weighted by Crippen LogP contribution is -2.20. The van der Waals surface area contributed by atoms with Crippen LogP contribution in [0, 0.1) is 0 Å². The van der Waals surface area contributed by atoms with Gasteiger partial charge in [-0.15, -0.1) is 13.2 Å². The third-order valence-corrected chi connectivity index (χ3v) is 5.10. The van der Waals surface area contributed by atoms with Crippen molar-refractivity contribution in [3.8, 4) is 5.75 Å². The van der Waals surface area contributed by atoms with Crippen LogP contribution in [-0.4, -0.2) is 66.9 Å². The fourth-order valence-electron chi connectivity index (χ4n) is 3.48. The number of hydrogen-bond donors (Lipinski definition) is 4. The summed E-state index contributed by atoms with van der Waals surface area (Å²) in [6.45, 7) is 3.17. The van der Waals surface area contributed by atoms with Crippen molar-refractivity contribution in [1.82, 2.24) is 15.0 Å². The van der Waals surface area contributed by atoms with E-state index in [0.717, 1.165) is 18.4 Å². The highest BCUT2D eigenvalue weighted by Gasteiger charge is 2.30. The maximum Gasteiger partial charge on any atom is 0.573 e. The number of benzene rings is 1. The first-order chi connectivity index (χ1) is 16.9. The molecule has 3 rings (SSSR count). The maximum atomic E-state index is 12.3. The van der Waals surface area contributed by atoms with Gasteiger partial charge in [0.05, 0.1) is 26.4 Å². The monoisotopic (exact) mass is 499 g/mol. The van der Waals surface area contributed by atoms with E-state index in [0.29, 0.717) is 69.9 Å². The molecule has 1 fully saturated rings. The van der Waals surface area contributed by atoms with Crippen molar-refractivity contribution in [2.24, 2.45) is 5.73 Å². The Kier molecular flexibility index (Phi) is 10.6. The molecule has 0 atom stereocenters. The number of hydrogen-bond acceptors (Lipinski definition) is 10. The number of nitrogens with two attached hydrogens (primary N) is 1. The molecule has 35 heavy (non-hydrogen) atoms. The van der Waals surface area contributed by atoms with Crippen molar-refractivity contribution in [3.05, 3.63) is 29.8 Å². The summed E-state index contributed by atoms with van der Waals surface area (Å²) in [5.74, 6) is 0.917. The highest BCUT2D eigenvalue weighted by Crippen LogP contribution is 2.24. The largest absolute Gasteiger partial charge is 0.573 e. The zero-order chi connectivity index (χ0) is 24.9. The normalized spacial score (nSPS) is 14.2. The molecule has 1 saturated carbocycles. The molecule has 10 nitrogen and oxygen atoms in total. The Morgan fingerprint density at radius 1 is 0.857 bits per heavy atom. The van der Waals surface area contributed by atoms with Gasteiger partial charge in [-0.2, -0.15) is 15.0 Å². The molecule has 1 aromatic carbocycles. The number of anilines is 3. The number of nitrogens with zero attached hydrogens (tertiary/aromatic N) is 3. The number of alkyl halides is 3. The number of rotatable bonds is 15. The van der Waals surface area contributed by atoms with Crippen LogP contribution in [0.1, 0.15) is 31.2 Å². The van der Waals surface area contributed by atoms with Crippen molar-refractivity contribution in [2.45, 2.75) is 44.6 Å². The number of halogens is 3. The van der Waals surface area contributed by atoms with Gasteiger partial charge in [0.2, 0.25) is 17.8 Å². The van der Waals surface area contributed by atoms with Crippen molar-refractivity contribution >= 4 is 17.8 Å². The SMILES string of the molecule is NCCOCCOCCNc1nc(NCc2ccc(OC(F)(F)F)cc2)nc(NC2CCCC2)n1. The molecule has 5 N–H and O–H groups in total. The second-order valence-corrected chi connectivity index (χ2v) is 7.92. The topological polar surface area (TPSA) is 128 Å². The highest BCUT2D eigenvalue weighted by molar-refractivity contribution is 5.43. The predicted molar refractivity (Wildman–Crippen MR) is 125 cm³/mol. The molecule has 1 heterocycles. The first kappa shape index (κ1) is 26.7. The fourth-order valence-corrected chi connectivity index (χ4v) is 3.48. The molecule has 0 amide bonds. The molecule has 0 radical (unpaired) electrons. The van der Waals surface area contributed by atoms with E-state index in [1.807, 2.05) is 0 Å². The quantitative estimate of drug-likeness (QED) is 0.271. The Bertz CT molecular complexity index is 882. The lowest BCUT2D eigenvalue weighted by Gasteiger charge is -2.15. The van der Waals surface area contributed by atoms with Crippen LogP contribution in [-0.2, 0) is 16.0 Å². The standard InChI is InChI=1S/C22H32F3N7O3/c23-22(24,25)35-18-7-5-16(6-8-18)15-28-20-30-19(27-10-12-34-14-13-33-11-9-26)31-21(32-20)29-17-3-1-2-4-17/h5-8,17H,1-4,9-15,26H2,(H3,27,28,29,30,31,32).